The molecule has 1 aliphatic heterocycles. The van der Waals surface area contributed by atoms with Gasteiger partial charge < -0.3 is 9.47 Å². The lowest BCUT2D eigenvalue weighted by atomic mass is 10.2. The molecular formula is C19H12F3N5OS. The van der Waals surface area contributed by atoms with Crippen LogP contribution in [0.5, 0.6) is 0 Å². The minimum absolute atomic E-state index is 0.216. The van der Waals surface area contributed by atoms with Crippen LogP contribution in [-0.2, 0) is 13.1 Å². The molecule has 2 aromatic heterocycles. The Hall–Kier alpha value is -3.27. The number of hydrogen-bond donors (Lipinski definition) is 0. The second kappa shape index (κ2) is 6.66. The van der Waals surface area contributed by atoms with Crippen LogP contribution >= 0.6 is 11.3 Å². The van der Waals surface area contributed by atoms with Crippen molar-refractivity contribution in [2.45, 2.75) is 13.1 Å². The van der Waals surface area contributed by atoms with Crippen molar-refractivity contribution in [2.75, 3.05) is 6.54 Å². The first kappa shape index (κ1) is 17.8. The maximum atomic E-state index is 13.5. The Balaban J connectivity index is 1.43. The number of rotatable bonds is 2. The number of amides is 1. The lowest BCUT2D eigenvalue weighted by Crippen LogP contribution is -2.38. The smallest absolute Gasteiger partial charge is 0.254 e. The van der Waals surface area contributed by atoms with Gasteiger partial charge in [0.25, 0.3) is 5.91 Å². The van der Waals surface area contributed by atoms with E-state index >= 15 is 0 Å². The number of benzene rings is 2. The second-order valence-corrected chi connectivity index (χ2v) is 7.61. The molecule has 0 radical (unpaired) electrons. The average molecular weight is 415 g/mol. The van der Waals surface area contributed by atoms with Crippen molar-refractivity contribution in [3.63, 3.8) is 0 Å². The molecule has 0 saturated carbocycles. The van der Waals surface area contributed by atoms with E-state index in [1.807, 2.05) is 4.57 Å². The van der Waals surface area contributed by atoms with Gasteiger partial charge in [-0.2, -0.15) is 0 Å². The highest BCUT2D eigenvalue weighted by atomic mass is 32.1. The molecule has 0 fully saturated rings. The van der Waals surface area contributed by atoms with Crippen LogP contribution in [-0.4, -0.2) is 37.1 Å². The summed E-state index contributed by atoms with van der Waals surface area (Å²) in [6.07, 6.45) is 0. The first-order valence-electron chi connectivity index (χ1n) is 8.72. The van der Waals surface area contributed by atoms with E-state index in [2.05, 4.69) is 15.2 Å². The van der Waals surface area contributed by atoms with Crippen LogP contribution in [0.1, 0.15) is 16.2 Å². The molecule has 146 valence electrons. The van der Waals surface area contributed by atoms with Crippen LogP contribution in [0.15, 0.2) is 36.4 Å². The predicted octanol–water partition coefficient (Wildman–Crippen LogP) is 3.63. The predicted molar refractivity (Wildman–Crippen MR) is 99.7 cm³/mol. The fourth-order valence-electron chi connectivity index (χ4n) is 3.28. The Morgan fingerprint density at radius 1 is 1.00 bits per heavy atom. The fourth-order valence-corrected chi connectivity index (χ4v) is 4.25. The highest BCUT2D eigenvalue weighted by Crippen LogP contribution is 2.31. The van der Waals surface area contributed by atoms with Gasteiger partial charge in [-0.1, -0.05) is 0 Å². The minimum atomic E-state index is -0.951. The van der Waals surface area contributed by atoms with Gasteiger partial charge in [-0.05, 0) is 30.3 Å². The zero-order chi connectivity index (χ0) is 20.1. The van der Waals surface area contributed by atoms with E-state index in [-0.39, 0.29) is 12.5 Å². The van der Waals surface area contributed by atoms with Crippen LogP contribution in [0.3, 0.4) is 0 Å². The molecule has 1 amide bonds. The molecule has 5 rings (SSSR count). The molecule has 0 atom stereocenters. The Labute approximate surface area is 166 Å². The molecule has 0 spiro atoms. The summed E-state index contributed by atoms with van der Waals surface area (Å²) in [5.41, 5.74) is 0.750. The van der Waals surface area contributed by atoms with Gasteiger partial charge in [-0.15, -0.1) is 21.5 Å². The number of carbonyl (C=O) groups excluding carboxylic acids is 1. The van der Waals surface area contributed by atoms with Gasteiger partial charge in [0.05, 0.1) is 16.8 Å². The maximum Gasteiger partial charge on any atom is 0.254 e. The maximum absolute atomic E-state index is 13.5. The van der Waals surface area contributed by atoms with Gasteiger partial charge in [0.2, 0.25) is 0 Å². The van der Waals surface area contributed by atoms with Crippen molar-refractivity contribution < 1.29 is 18.0 Å². The van der Waals surface area contributed by atoms with Crippen molar-refractivity contribution in [3.05, 3.63) is 65.2 Å². The van der Waals surface area contributed by atoms with E-state index in [9.17, 15) is 18.0 Å². The summed E-state index contributed by atoms with van der Waals surface area (Å²) >= 11 is 1.20. The largest absolute Gasteiger partial charge is 0.329 e. The first-order chi connectivity index (χ1) is 14.0. The van der Waals surface area contributed by atoms with Gasteiger partial charge in [-0.3, -0.25) is 4.79 Å². The van der Waals surface area contributed by atoms with E-state index in [1.165, 1.54) is 35.6 Å². The molecule has 0 aliphatic carbocycles. The Morgan fingerprint density at radius 3 is 2.55 bits per heavy atom. The topological polar surface area (TPSA) is 63.9 Å². The molecule has 3 heterocycles. The normalized spacial score (nSPS) is 13.7. The van der Waals surface area contributed by atoms with Crippen molar-refractivity contribution in [1.82, 2.24) is 24.6 Å². The molecule has 6 nitrogen and oxygen atoms in total. The van der Waals surface area contributed by atoms with Crippen LogP contribution in [0.2, 0.25) is 0 Å². The molecule has 1 aliphatic rings. The number of thiazole rings is 1. The van der Waals surface area contributed by atoms with E-state index in [0.717, 1.165) is 12.1 Å². The monoisotopic (exact) mass is 415 g/mol. The second-order valence-electron chi connectivity index (χ2n) is 6.58. The lowest BCUT2D eigenvalue weighted by molar-refractivity contribution is 0.0708. The fraction of sp³-hybridized carbons (Fsp3) is 0.158. The first-order valence-corrected chi connectivity index (χ1v) is 9.54. The van der Waals surface area contributed by atoms with Crippen molar-refractivity contribution in [2.24, 2.45) is 0 Å². The summed E-state index contributed by atoms with van der Waals surface area (Å²) in [4.78, 5) is 18.6. The van der Waals surface area contributed by atoms with E-state index in [1.54, 1.807) is 4.90 Å². The zero-order valence-electron chi connectivity index (χ0n) is 14.8. The third-order valence-corrected chi connectivity index (χ3v) is 5.77. The number of carbonyl (C=O) groups is 1. The number of hydrogen-bond acceptors (Lipinski definition) is 5. The summed E-state index contributed by atoms with van der Waals surface area (Å²) in [7, 11) is 0. The molecule has 0 unspecified atom stereocenters. The minimum Gasteiger partial charge on any atom is -0.329 e. The highest BCUT2D eigenvalue weighted by molar-refractivity contribution is 7.21. The quantitative estimate of drug-likeness (QED) is 0.502. The Morgan fingerprint density at radius 2 is 1.76 bits per heavy atom. The van der Waals surface area contributed by atoms with Crippen LogP contribution in [0, 0.1) is 17.5 Å². The van der Waals surface area contributed by atoms with Gasteiger partial charge >= 0.3 is 0 Å². The van der Waals surface area contributed by atoms with Gasteiger partial charge in [0.15, 0.2) is 28.3 Å². The molecule has 0 N–H and O–H groups in total. The molecule has 4 aromatic rings. The zero-order valence-corrected chi connectivity index (χ0v) is 15.6. The number of fused-ring (bicyclic) bond motifs is 2. The third-order valence-electron chi connectivity index (χ3n) is 4.75. The molecular weight excluding hydrogens is 403 g/mol. The molecule has 2 aromatic carbocycles. The summed E-state index contributed by atoms with van der Waals surface area (Å²) in [5.74, 6) is -1.42. The molecule has 29 heavy (non-hydrogen) atoms. The van der Waals surface area contributed by atoms with Crippen LogP contribution < -0.4 is 0 Å². The molecule has 10 heteroatoms. The van der Waals surface area contributed by atoms with Gasteiger partial charge in [0, 0.05) is 24.7 Å². The van der Waals surface area contributed by atoms with Gasteiger partial charge in [-0.25, -0.2) is 18.2 Å². The summed E-state index contributed by atoms with van der Waals surface area (Å²) < 4.78 is 42.4. The average Bonchev–Trinajstić information content (AvgIpc) is 3.31. The standard InChI is InChI=1S/C19H12F3N5OS/c20-11-3-1-10(2-4-11)19(28)26-5-6-27-16(9-26)24-25-17(27)18-23-14-7-12(21)13(22)8-15(14)29-18/h1-4,7-8H,5-6,9H2. The van der Waals surface area contributed by atoms with Crippen molar-refractivity contribution >= 4 is 27.5 Å². The van der Waals surface area contributed by atoms with Crippen molar-refractivity contribution in [3.8, 4) is 10.8 Å². The summed E-state index contributed by atoms with van der Waals surface area (Å²) in [6, 6.07) is 7.56. The Kier molecular flexibility index (Phi) is 4.09. The summed E-state index contributed by atoms with van der Waals surface area (Å²) in [6.45, 7) is 1.11. The highest BCUT2D eigenvalue weighted by Gasteiger charge is 2.27. The number of nitrogens with zero attached hydrogens (tertiary/aromatic N) is 5. The molecule has 0 bridgehead atoms. The number of halogens is 3. The van der Waals surface area contributed by atoms with Crippen LogP contribution in [0.4, 0.5) is 13.2 Å². The summed E-state index contributed by atoms with van der Waals surface area (Å²) in [5, 5.41) is 8.83. The van der Waals surface area contributed by atoms with E-state index in [0.29, 0.717) is 45.5 Å². The van der Waals surface area contributed by atoms with Gasteiger partial charge in [0.1, 0.15) is 5.82 Å². The lowest BCUT2D eigenvalue weighted by Gasteiger charge is -2.27. The van der Waals surface area contributed by atoms with E-state index < -0.39 is 17.5 Å². The number of aromatic nitrogens is 4. The van der Waals surface area contributed by atoms with Crippen LogP contribution in [0.25, 0.3) is 21.0 Å². The van der Waals surface area contributed by atoms with E-state index in [4.69, 9.17) is 0 Å². The Bertz CT molecular complexity index is 1210. The van der Waals surface area contributed by atoms with Crippen molar-refractivity contribution in [1.29, 1.82) is 0 Å². The molecule has 0 saturated heterocycles. The third kappa shape index (κ3) is 3.05. The SMILES string of the molecule is O=C(c1ccc(F)cc1)N1CCn2c(nnc2-c2nc3cc(F)c(F)cc3s2)C1.